The Kier molecular flexibility index (Phi) is 5.91. The van der Waals surface area contributed by atoms with Crippen molar-refractivity contribution >= 4 is 29.2 Å². The van der Waals surface area contributed by atoms with Crippen LogP contribution >= 0.6 is 0 Å². The van der Waals surface area contributed by atoms with Gasteiger partial charge in [-0.2, -0.15) is 0 Å². The number of hydrogen-bond acceptors (Lipinski definition) is 4. The summed E-state index contributed by atoms with van der Waals surface area (Å²) in [6.07, 6.45) is 0. The first-order valence-electron chi connectivity index (χ1n) is 10.2. The Labute approximate surface area is 189 Å². The van der Waals surface area contributed by atoms with Crippen molar-refractivity contribution in [1.82, 2.24) is 0 Å². The molecule has 4 rings (SSSR count). The molecule has 0 aromatic heterocycles. The minimum Gasteiger partial charge on any atom is -0.465 e. The fourth-order valence-electron chi connectivity index (χ4n) is 3.88. The molecule has 1 aliphatic rings. The molecule has 33 heavy (non-hydrogen) atoms. The molecule has 0 fully saturated rings. The molecule has 0 radical (unpaired) electrons. The monoisotopic (exact) mass is 450 g/mol. The number of fused-ring (bicyclic) bond motifs is 1. The molecule has 0 aliphatic carbocycles. The van der Waals surface area contributed by atoms with Crippen LogP contribution in [0.4, 0.5) is 20.2 Å². The van der Waals surface area contributed by atoms with Crippen LogP contribution in [0.15, 0.2) is 66.7 Å². The van der Waals surface area contributed by atoms with E-state index in [0.717, 1.165) is 22.6 Å². The number of amides is 2. The summed E-state index contributed by atoms with van der Waals surface area (Å²) in [6, 6.07) is 15.5. The average Bonchev–Trinajstić information content (AvgIpc) is 2.82. The normalized spacial score (nSPS) is 15.3. The lowest BCUT2D eigenvalue weighted by Crippen LogP contribution is -2.54. The zero-order valence-electron chi connectivity index (χ0n) is 17.9. The van der Waals surface area contributed by atoms with Crippen LogP contribution in [0.2, 0.25) is 0 Å². The number of methoxy groups -OCH3 is 1. The SMILES string of the molecule is COC(=O)c1ccc(CN2C(=O)[C@H](C)N(C(=O)c3c(F)cccc3F)c3ccccc32)cc1. The van der Waals surface area contributed by atoms with Gasteiger partial charge >= 0.3 is 5.97 Å². The number of halogens is 2. The fraction of sp³-hybridized carbons (Fsp3) is 0.160. The summed E-state index contributed by atoms with van der Waals surface area (Å²) in [5.74, 6) is -3.79. The Morgan fingerprint density at radius 3 is 2.12 bits per heavy atom. The van der Waals surface area contributed by atoms with E-state index in [1.165, 1.54) is 25.0 Å². The molecule has 0 bridgehead atoms. The second kappa shape index (κ2) is 8.82. The number of carbonyl (C=O) groups excluding carboxylic acids is 3. The Morgan fingerprint density at radius 2 is 1.52 bits per heavy atom. The Bertz CT molecular complexity index is 1220. The van der Waals surface area contributed by atoms with Crippen molar-refractivity contribution in [3.63, 3.8) is 0 Å². The van der Waals surface area contributed by atoms with E-state index in [2.05, 4.69) is 0 Å². The minimum atomic E-state index is -0.999. The van der Waals surface area contributed by atoms with Gasteiger partial charge in [0.2, 0.25) is 5.91 Å². The van der Waals surface area contributed by atoms with E-state index in [1.54, 1.807) is 48.5 Å². The van der Waals surface area contributed by atoms with Crippen LogP contribution in [0.5, 0.6) is 0 Å². The molecule has 0 saturated carbocycles. The molecular formula is C25H20F2N2O4. The van der Waals surface area contributed by atoms with Crippen molar-refractivity contribution in [2.24, 2.45) is 0 Å². The van der Waals surface area contributed by atoms with Gasteiger partial charge in [-0.1, -0.05) is 30.3 Å². The number of nitrogens with zero attached hydrogens (tertiary/aromatic N) is 2. The summed E-state index contributed by atoms with van der Waals surface area (Å²) in [7, 11) is 1.29. The first kappa shape index (κ1) is 22.1. The third-order valence-corrected chi connectivity index (χ3v) is 5.55. The number of rotatable bonds is 4. The molecule has 0 N–H and O–H groups in total. The molecule has 3 aromatic carbocycles. The highest BCUT2D eigenvalue weighted by Crippen LogP contribution is 2.38. The van der Waals surface area contributed by atoms with Gasteiger partial charge < -0.3 is 9.64 Å². The Balaban J connectivity index is 1.71. The zero-order valence-corrected chi connectivity index (χ0v) is 17.9. The lowest BCUT2D eigenvalue weighted by molar-refractivity contribution is -0.119. The summed E-state index contributed by atoms with van der Waals surface area (Å²) in [6.45, 7) is 1.69. The van der Waals surface area contributed by atoms with Gasteiger partial charge in [0.25, 0.3) is 5.91 Å². The number of carbonyl (C=O) groups is 3. The molecule has 0 unspecified atom stereocenters. The quantitative estimate of drug-likeness (QED) is 0.555. The van der Waals surface area contributed by atoms with E-state index in [1.807, 2.05) is 0 Å². The summed E-state index contributed by atoms with van der Waals surface area (Å²) in [4.78, 5) is 40.8. The van der Waals surface area contributed by atoms with Gasteiger partial charge in [-0.15, -0.1) is 0 Å². The van der Waals surface area contributed by atoms with E-state index >= 15 is 0 Å². The fourth-order valence-corrected chi connectivity index (χ4v) is 3.88. The summed E-state index contributed by atoms with van der Waals surface area (Å²) < 4.78 is 33.3. The average molecular weight is 450 g/mol. The molecule has 168 valence electrons. The number of para-hydroxylation sites is 2. The number of benzene rings is 3. The highest BCUT2D eigenvalue weighted by atomic mass is 19.1. The van der Waals surface area contributed by atoms with Gasteiger partial charge in [0, 0.05) is 0 Å². The highest BCUT2D eigenvalue weighted by Gasteiger charge is 2.40. The van der Waals surface area contributed by atoms with Crippen molar-refractivity contribution in [2.75, 3.05) is 16.9 Å². The van der Waals surface area contributed by atoms with Gasteiger partial charge in [0.1, 0.15) is 23.2 Å². The molecule has 2 amide bonds. The van der Waals surface area contributed by atoms with Crippen LogP contribution in [0.1, 0.15) is 33.2 Å². The highest BCUT2D eigenvalue weighted by molar-refractivity contribution is 6.17. The van der Waals surface area contributed by atoms with Gasteiger partial charge in [0.05, 0.1) is 30.6 Å². The van der Waals surface area contributed by atoms with Crippen LogP contribution in [0, 0.1) is 11.6 Å². The minimum absolute atomic E-state index is 0.178. The van der Waals surface area contributed by atoms with Gasteiger partial charge in [-0.25, -0.2) is 13.6 Å². The van der Waals surface area contributed by atoms with Crippen molar-refractivity contribution in [3.8, 4) is 0 Å². The molecule has 1 heterocycles. The lowest BCUT2D eigenvalue weighted by Gasteiger charge is -2.40. The molecule has 1 atom stereocenters. The third-order valence-electron chi connectivity index (χ3n) is 5.55. The standard InChI is InChI=1S/C25H20F2N2O4/c1-15-23(30)28(14-16-10-12-17(13-11-16)25(32)33-2)20-8-3-4-9-21(20)29(15)24(31)22-18(26)6-5-7-19(22)27/h3-13,15H,14H2,1-2H3/t15-/m0/s1. The molecule has 8 heteroatoms. The maximum atomic E-state index is 14.3. The molecule has 1 aliphatic heterocycles. The first-order valence-corrected chi connectivity index (χ1v) is 10.2. The van der Waals surface area contributed by atoms with Crippen LogP contribution in [-0.2, 0) is 16.1 Å². The largest absolute Gasteiger partial charge is 0.465 e. The predicted molar refractivity (Wildman–Crippen MR) is 118 cm³/mol. The van der Waals surface area contributed by atoms with Crippen molar-refractivity contribution in [3.05, 3.63) is 95.1 Å². The van der Waals surface area contributed by atoms with Crippen molar-refractivity contribution in [2.45, 2.75) is 19.5 Å². The van der Waals surface area contributed by atoms with Crippen LogP contribution in [-0.4, -0.2) is 30.9 Å². The van der Waals surface area contributed by atoms with E-state index in [9.17, 15) is 23.2 Å². The lowest BCUT2D eigenvalue weighted by atomic mass is 10.0. The van der Waals surface area contributed by atoms with Crippen LogP contribution < -0.4 is 9.80 Å². The van der Waals surface area contributed by atoms with Gasteiger partial charge in [0.15, 0.2) is 0 Å². The van der Waals surface area contributed by atoms with Crippen molar-refractivity contribution in [1.29, 1.82) is 0 Å². The topological polar surface area (TPSA) is 66.9 Å². The van der Waals surface area contributed by atoms with Gasteiger partial charge in [-0.05, 0) is 48.9 Å². The van der Waals surface area contributed by atoms with Crippen molar-refractivity contribution < 1.29 is 27.9 Å². The first-order chi connectivity index (χ1) is 15.8. The van der Waals surface area contributed by atoms with Crippen LogP contribution in [0.25, 0.3) is 0 Å². The number of anilines is 2. The van der Waals surface area contributed by atoms with Gasteiger partial charge in [-0.3, -0.25) is 14.5 Å². The molecule has 0 spiro atoms. The maximum absolute atomic E-state index is 14.3. The van der Waals surface area contributed by atoms with E-state index in [0.29, 0.717) is 16.9 Å². The summed E-state index contributed by atoms with van der Waals surface area (Å²) >= 11 is 0. The number of hydrogen-bond donors (Lipinski definition) is 0. The third kappa shape index (κ3) is 3.95. The van der Waals surface area contributed by atoms with E-state index in [4.69, 9.17) is 4.74 Å². The molecule has 0 saturated heterocycles. The number of ether oxygens (including phenoxy) is 1. The second-order valence-corrected chi connectivity index (χ2v) is 7.55. The molecule has 3 aromatic rings. The van der Waals surface area contributed by atoms with Crippen LogP contribution in [0.3, 0.4) is 0 Å². The molecular weight excluding hydrogens is 430 g/mol. The summed E-state index contributed by atoms with van der Waals surface area (Å²) in [5, 5.41) is 0. The second-order valence-electron chi connectivity index (χ2n) is 7.55. The smallest absolute Gasteiger partial charge is 0.337 e. The van der Waals surface area contributed by atoms with E-state index < -0.39 is 41.0 Å². The maximum Gasteiger partial charge on any atom is 0.337 e. The molecule has 6 nitrogen and oxygen atoms in total. The Morgan fingerprint density at radius 1 is 0.909 bits per heavy atom. The summed E-state index contributed by atoms with van der Waals surface area (Å²) in [5.41, 5.74) is 1.21. The van der Waals surface area contributed by atoms with E-state index in [-0.39, 0.29) is 6.54 Å². The number of esters is 1. The zero-order chi connectivity index (χ0) is 23.7. The Hall–Kier alpha value is -4.07. The predicted octanol–water partition coefficient (Wildman–Crippen LogP) is 4.33.